The lowest BCUT2D eigenvalue weighted by molar-refractivity contribution is -0.168. The van der Waals surface area contributed by atoms with E-state index in [1.54, 1.807) is 0 Å². The van der Waals surface area contributed by atoms with Crippen molar-refractivity contribution in [3.63, 3.8) is 0 Å². The fourth-order valence-corrected chi connectivity index (χ4v) is 5.77. The van der Waals surface area contributed by atoms with Gasteiger partial charge < -0.3 is 9.47 Å². The van der Waals surface area contributed by atoms with E-state index in [0.717, 1.165) is 27.8 Å². The van der Waals surface area contributed by atoms with Crippen molar-refractivity contribution >= 4 is 11.9 Å². The van der Waals surface area contributed by atoms with Crippen LogP contribution in [0.5, 0.6) is 0 Å². The molecule has 4 nitrogen and oxygen atoms in total. The SMILES string of the molecule is COC(=O)[C@H]1C2c3ccccc3-c3ccccc3[C@@]2(C(=O)OC)[C@H]1c1ccccc1. The molecule has 0 radical (unpaired) electrons. The van der Waals surface area contributed by atoms with Crippen LogP contribution in [0.15, 0.2) is 78.9 Å². The van der Waals surface area contributed by atoms with Crippen molar-refractivity contribution < 1.29 is 19.1 Å². The predicted octanol–water partition coefficient (Wildman–Crippen LogP) is 4.45. The highest BCUT2D eigenvalue weighted by Crippen LogP contribution is 2.71. The Labute approximate surface area is 175 Å². The highest BCUT2D eigenvalue weighted by molar-refractivity contribution is 5.98. The molecule has 3 aromatic rings. The van der Waals surface area contributed by atoms with Crippen LogP contribution in [0.2, 0.25) is 0 Å². The number of rotatable bonds is 3. The maximum Gasteiger partial charge on any atom is 0.317 e. The van der Waals surface area contributed by atoms with E-state index in [1.807, 2.05) is 72.8 Å². The van der Waals surface area contributed by atoms with E-state index < -0.39 is 11.3 Å². The van der Waals surface area contributed by atoms with Gasteiger partial charge in [0, 0.05) is 11.8 Å². The van der Waals surface area contributed by atoms with E-state index in [-0.39, 0.29) is 23.8 Å². The lowest BCUT2D eigenvalue weighted by Gasteiger charge is -2.61. The molecule has 0 aliphatic heterocycles. The van der Waals surface area contributed by atoms with Crippen molar-refractivity contribution in [1.29, 1.82) is 0 Å². The minimum absolute atomic E-state index is 0.303. The highest BCUT2D eigenvalue weighted by atomic mass is 16.5. The largest absolute Gasteiger partial charge is 0.469 e. The van der Waals surface area contributed by atoms with E-state index in [0.29, 0.717) is 0 Å². The summed E-state index contributed by atoms with van der Waals surface area (Å²) in [7, 11) is 2.83. The third-order valence-corrected chi connectivity index (χ3v) is 6.81. The van der Waals surface area contributed by atoms with Gasteiger partial charge in [0.2, 0.25) is 0 Å². The molecule has 0 heterocycles. The average molecular weight is 398 g/mol. The molecule has 5 rings (SSSR count). The summed E-state index contributed by atoms with van der Waals surface area (Å²) in [6.07, 6.45) is 0. The van der Waals surface area contributed by atoms with Gasteiger partial charge in [0.05, 0.1) is 20.1 Å². The number of carbonyl (C=O) groups is 2. The fourth-order valence-electron chi connectivity index (χ4n) is 5.77. The third kappa shape index (κ3) is 2.22. The Morgan fingerprint density at radius 3 is 2.07 bits per heavy atom. The number of benzene rings is 3. The first-order valence-electron chi connectivity index (χ1n) is 10.1. The number of methoxy groups -OCH3 is 2. The molecule has 150 valence electrons. The van der Waals surface area contributed by atoms with Gasteiger partial charge >= 0.3 is 11.9 Å². The van der Waals surface area contributed by atoms with Gasteiger partial charge in [-0.2, -0.15) is 0 Å². The summed E-state index contributed by atoms with van der Waals surface area (Å²) in [5.41, 5.74) is 3.92. The fraction of sp³-hybridized carbons (Fsp3) is 0.231. The van der Waals surface area contributed by atoms with Gasteiger partial charge in [-0.25, -0.2) is 0 Å². The summed E-state index contributed by atoms with van der Waals surface area (Å²) in [5.74, 6) is -1.83. The number of hydrogen-bond donors (Lipinski definition) is 0. The summed E-state index contributed by atoms with van der Waals surface area (Å²) in [5, 5.41) is 0. The van der Waals surface area contributed by atoms with Crippen LogP contribution >= 0.6 is 0 Å². The minimum atomic E-state index is -0.986. The number of esters is 2. The van der Waals surface area contributed by atoms with Crippen LogP contribution in [-0.4, -0.2) is 26.2 Å². The zero-order valence-corrected chi connectivity index (χ0v) is 16.9. The second-order valence-corrected chi connectivity index (χ2v) is 7.91. The Hall–Kier alpha value is -3.40. The summed E-state index contributed by atoms with van der Waals surface area (Å²) < 4.78 is 10.6. The topological polar surface area (TPSA) is 52.6 Å². The summed E-state index contributed by atoms with van der Waals surface area (Å²) in [6.45, 7) is 0. The molecule has 30 heavy (non-hydrogen) atoms. The molecular weight excluding hydrogens is 376 g/mol. The molecule has 1 fully saturated rings. The minimum Gasteiger partial charge on any atom is -0.469 e. The molecule has 0 N–H and O–H groups in total. The molecule has 1 saturated carbocycles. The van der Waals surface area contributed by atoms with Gasteiger partial charge in [0.1, 0.15) is 5.41 Å². The van der Waals surface area contributed by atoms with E-state index >= 15 is 0 Å². The van der Waals surface area contributed by atoms with Gasteiger partial charge in [0.15, 0.2) is 0 Å². The highest BCUT2D eigenvalue weighted by Gasteiger charge is 2.72. The van der Waals surface area contributed by atoms with Crippen molar-refractivity contribution in [3.8, 4) is 11.1 Å². The van der Waals surface area contributed by atoms with Crippen molar-refractivity contribution in [3.05, 3.63) is 95.6 Å². The summed E-state index contributed by atoms with van der Waals surface area (Å²) >= 11 is 0. The zero-order chi connectivity index (χ0) is 20.9. The van der Waals surface area contributed by atoms with Crippen LogP contribution in [0.4, 0.5) is 0 Å². The molecule has 0 bridgehead atoms. The van der Waals surface area contributed by atoms with Crippen LogP contribution in [0.1, 0.15) is 28.5 Å². The number of hydrogen-bond acceptors (Lipinski definition) is 4. The Morgan fingerprint density at radius 2 is 1.37 bits per heavy atom. The Kier molecular flexibility index (Phi) is 4.24. The Morgan fingerprint density at radius 1 is 0.733 bits per heavy atom. The molecule has 0 saturated heterocycles. The molecule has 2 aliphatic carbocycles. The quantitative estimate of drug-likeness (QED) is 0.612. The zero-order valence-electron chi connectivity index (χ0n) is 16.9. The molecule has 1 unspecified atom stereocenters. The first-order chi connectivity index (χ1) is 14.7. The van der Waals surface area contributed by atoms with Gasteiger partial charge in [-0.15, -0.1) is 0 Å². The molecular formula is C26H22O4. The standard InChI is InChI=1S/C26H22O4/c1-29-24(27)21-22(16-10-4-3-5-11-16)26(25(28)30-2)20-15-9-8-13-18(20)17-12-6-7-14-19(17)23(21)26/h3-15,21-23H,1-2H3/t21-,22+,23?,26-/m1/s1. The number of carbonyl (C=O) groups excluding carboxylic acids is 2. The second kappa shape index (κ2) is 6.84. The summed E-state index contributed by atoms with van der Waals surface area (Å²) in [4.78, 5) is 26.6. The van der Waals surface area contributed by atoms with Crippen molar-refractivity contribution in [2.45, 2.75) is 17.3 Å². The van der Waals surface area contributed by atoms with Gasteiger partial charge in [-0.3, -0.25) is 9.59 Å². The van der Waals surface area contributed by atoms with Crippen LogP contribution < -0.4 is 0 Å². The predicted molar refractivity (Wildman–Crippen MR) is 113 cm³/mol. The monoisotopic (exact) mass is 398 g/mol. The van der Waals surface area contributed by atoms with Gasteiger partial charge in [0.25, 0.3) is 0 Å². The summed E-state index contributed by atoms with van der Waals surface area (Å²) in [6, 6.07) is 25.7. The molecule has 0 amide bonds. The van der Waals surface area contributed by atoms with Gasteiger partial charge in [-0.05, 0) is 27.8 Å². The van der Waals surface area contributed by atoms with Crippen LogP contribution in [0.3, 0.4) is 0 Å². The van der Waals surface area contributed by atoms with Crippen molar-refractivity contribution in [2.75, 3.05) is 14.2 Å². The maximum atomic E-state index is 13.6. The van der Waals surface area contributed by atoms with Crippen LogP contribution in [-0.2, 0) is 24.5 Å². The van der Waals surface area contributed by atoms with Crippen LogP contribution in [0.25, 0.3) is 11.1 Å². The first kappa shape index (κ1) is 18.6. The Balaban J connectivity index is 1.87. The van der Waals surface area contributed by atoms with Crippen LogP contribution in [0, 0.1) is 5.92 Å². The Bertz CT molecular complexity index is 1130. The molecule has 3 aromatic carbocycles. The van der Waals surface area contributed by atoms with E-state index in [2.05, 4.69) is 6.07 Å². The molecule has 0 spiro atoms. The third-order valence-electron chi connectivity index (χ3n) is 6.81. The maximum absolute atomic E-state index is 13.6. The average Bonchev–Trinajstić information content (AvgIpc) is 2.79. The molecule has 0 aromatic heterocycles. The van der Waals surface area contributed by atoms with E-state index in [9.17, 15) is 9.59 Å². The molecule has 4 heteroatoms. The van der Waals surface area contributed by atoms with Gasteiger partial charge in [-0.1, -0.05) is 78.9 Å². The van der Waals surface area contributed by atoms with E-state index in [4.69, 9.17) is 9.47 Å². The molecule has 2 aliphatic rings. The van der Waals surface area contributed by atoms with E-state index in [1.165, 1.54) is 14.2 Å². The number of fused-ring (bicyclic) bond motifs is 6. The normalized spacial score (nSPS) is 25.7. The first-order valence-corrected chi connectivity index (χ1v) is 10.1. The molecule has 4 atom stereocenters. The van der Waals surface area contributed by atoms with Crippen molar-refractivity contribution in [1.82, 2.24) is 0 Å². The number of ether oxygens (including phenoxy) is 2. The lowest BCUT2D eigenvalue weighted by atomic mass is 9.39. The second-order valence-electron chi connectivity index (χ2n) is 7.91. The smallest absolute Gasteiger partial charge is 0.317 e. The van der Waals surface area contributed by atoms with Crippen molar-refractivity contribution in [2.24, 2.45) is 5.92 Å². The lowest BCUT2D eigenvalue weighted by Crippen LogP contribution is -2.65.